The summed E-state index contributed by atoms with van der Waals surface area (Å²) in [5, 5.41) is 2.23. The van der Waals surface area contributed by atoms with Crippen molar-refractivity contribution < 1.29 is 0 Å². The first-order valence-electron chi connectivity index (χ1n) is 6.87. The number of hydrogen-bond acceptors (Lipinski definition) is 4. The van der Waals surface area contributed by atoms with E-state index in [4.69, 9.17) is 5.73 Å². The van der Waals surface area contributed by atoms with Crippen molar-refractivity contribution in [2.24, 2.45) is 5.73 Å². The fraction of sp³-hybridized carbons (Fsp3) is 0.714. The molecule has 0 saturated heterocycles. The van der Waals surface area contributed by atoms with E-state index in [0.29, 0.717) is 12.1 Å². The third-order valence-corrected chi connectivity index (χ3v) is 5.79. The highest BCUT2D eigenvalue weighted by atomic mass is 32.2. The molecule has 1 aliphatic heterocycles. The lowest BCUT2D eigenvalue weighted by atomic mass is 9.98. The minimum absolute atomic E-state index is 0.542. The predicted octanol–water partition coefficient (Wildman–Crippen LogP) is 3.14. The van der Waals surface area contributed by atoms with Crippen LogP contribution in [0.4, 0.5) is 0 Å². The molecule has 1 aliphatic rings. The van der Waals surface area contributed by atoms with Gasteiger partial charge in [0, 0.05) is 30.1 Å². The standard InChI is InChI=1S/C14H24N2S2/c1-3-17-8-5-12(10-15)16-7-4-14-13(11(16)2)6-9-18-14/h6,9,11-12H,3-5,7-8,10,15H2,1-2H3. The van der Waals surface area contributed by atoms with Crippen molar-refractivity contribution in [2.75, 3.05) is 24.6 Å². The van der Waals surface area contributed by atoms with Gasteiger partial charge in [-0.25, -0.2) is 0 Å². The van der Waals surface area contributed by atoms with E-state index in [9.17, 15) is 0 Å². The van der Waals surface area contributed by atoms with Crippen LogP contribution in [0.3, 0.4) is 0 Å². The summed E-state index contributed by atoms with van der Waals surface area (Å²) in [5.41, 5.74) is 7.53. The van der Waals surface area contributed by atoms with Crippen molar-refractivity contribution in [3.8, 4) is 0 Å². The molecule has 0 fully saturated rings. The van der Waals surface area contributed by atoms with Crippen molar-refractivity contribution in [3.63, 3.8) is 0 Å². The molecular weight excluding hydrogens is 260 g/mol. The van der Waals surface area contributed by atoms with Crippen LogP contribution in [0.1, 0.15) is 36.8 Å². The van der Waals surface area contributed by atoms with Gasteiger partial charge in [-0.15, -0.1) is 11.3 Å². The molecule has 2 heterocycles. The highest BCUT2D eigenvalue weighted by Crippen LogP contribution is 2.34. The minimum atomic E-state index is 0.542. The number of rotatable bonds is 6. The molecule has 102 valence electrons. The second-order valence-electron chi connectivity index (χ2n) is 4.84. The van der Waals surface area contributed by atoms with Crippen LogP contribution < -0.4 is 5.73 Å². The average Bonchev–Trinajstić information content (AvgIpc) is 2.85. The summed E-state index contributed by atoms with van der Waals surface area (Å²) >= 11 is 3.93. The minimum Gasteiger partial charge on any atom is -0.329 e. The molecule has 1 aromatic rings. The third kappa shape index (κ3) is 3.10. The van der Waals surface area contributed by atoms with E-state index in [1.807, 2.05) is 23.1 Å². The predicted molar refractivity (Wildman–Crippen MR) is 83.6 cm³/mol. The second kappa shape index (κ2) is 6.94. The van der Waals surface area contributed by atoms with Gasteiger partial charge in [0.05, 0.1) is 0 Å². The average molecular weight is 284 g/mol. The van der Waals surface area contributed by atoms with E-state index in [2.05, 4.69) is 30.2 Å². The SMILES string of the molecule is CCSCCC(CN)N1CCc2sccc2C1C. The van der Waals surface area contributed by atoms with E-state index in [0.717, 1.165) is 6.54 Å². The molecule has 2 unspecified atom stereocenters. The van der Waals surface area contributed by atoms with Crippen LogP contribution in [-0.2, 0) is 6.42 Å². The largest absolute Gasteiger partial charge is 0.329 e. The zero-order valence-corrected chi connectivity index (χ0v) is 13.0. The Morgan fingerprint density at radius 1 is 1.61 bits per heavy atom. The zero-order valence-electron chi connectivity index (χ0n) is 11.4. The van der Waals surface area contributed by atoms with Gasteiger partial charge in [-0.1, -0.05) is 6.92 Å². The number of nitrogens with two attached hydrogens (primary N) is 1. The monoisotopic (exact) mass is 284 g/mol. The zero-order chi connectivity index (χ0) is 13.0. The summed E-state index contributed by atoms with van der Waals surface area (Å²) in [5.74, 6) is 2.44. The molecule has 2 N–H and O–H groups in total. The molecule has 0 amide bonds. The Labute approximate surface area is 119 Å². The van der Waals surface area contributed by atoms with Gasteiger partial charge >= 0.3 is 0 Å². The Kier molecular flexibility index (Phi) is 5.55. The molecule has 0 aromatic carbocycles. The van der Waals surface area contributed by atoms with Gasteiger partial charge in [-0.3, -0.25) is 4.90 Å². The Balaban J connectivity index is 1.99. The molecule has 4 heteroatoms. The summed E-state index contributed by atoms with van der Waals surface area (Å²) in [6.07, 6.45) is 2.42. The normalized spacial score (nSPS) is 21.8. The van der Waals surface area contributed by atoms with Gasteiger partial charge in [0.1, 0.15) is 0 Å². The lowest BCUT2D eigenvalue weighted by Crippen LogP contribution is -2.45. The van der Waals surface area contributed by atoms with Crippen LogP contribution in [0.5, 0.6) is 0 Å². The molecule has 0 bridgehead atoms. The Hall–Kier alpha value is -0.0300. The molecule has 1 aromatic heterocycles. The fourth-order valence-electron chi connectivity index (χ4n) is 2.81. The van der Waals surface area contributed by atoms with E-state index in [1.54, 1.807) is 4.88 Å². The maximum absolute atomic E-state index is 6.00. The summed E-state index contributed by atoms with van der Waals surface area (Å²) in [6, 6.07) is 3.39. The quantitative estimate of drug-likeness (QED) is 0.814. The summed E-state index contributed by atoms with van der Waals surface area (Å²) in [7, 11) is 0. The number of thiophene rings is 1. The van der Waals surface area contributed by atoms with Crippen molar-refractivity contribution >= 4 is 23.1 Å². The van der Waals surface area contributed by atoms with Crippen molar-refractivity contribution in [3.05, 3.63) is 21.9 Å². The van der Waals surface area contributed by atoms with E-state index in [1.165, 1.54) is 36.5 Å². The van der Waals surface area contributed by atoms with E-state index in [-0.39, 0.29) is 0 Å². The molecule has 2 rings (SSSR count). The molecule has 2 nitrogen and oxygen atoms in total. The summed E-state index contributed by atoms with van der Waals surface area (Å²) < 4.78 is 0. The second-order valence-corrected chi connectivity index (χ2v) is 7.23. The fourth-order valence-corrected chi connectivity index (χ4v) is 4.50. The topological polar surface area (TPSA) is 29.3 Å². The molecule has 0 radical (unpaired) electrons. The van der Waals surface area contributed by atoms with Crippen LogP contribution in [0.15, 0.2) is 11.4 Å². The van der Waals surface area contributed by atoms with Crippen LogP contribution >= 0.6 is 23.1 Å². The molecule has 18 heavy (non-hydrogen) atoms. The maximum atomic E-state index is 6.00. The number of thioether (sulfide) groups is 1. The number of hydrogen-bond donors (Lipinski definition) is 1. The van der Waals surface area contributed by atoms with Gasteiger partial charge in [-0.2, -0.15) is 11.8 Å². The highest BCUT2D eigenvalue weighted by molar-refractivity contribution is 7.99. The van der Waals surface area contributed by atoms with Crippen LogP contribution in [0.25, 0.3) is 0 Å². The molecule has 0 spiro atoms. The van der Waals surface area contributed by atoms with Gasteiger partial charge in [0.25, 0.3) is 0 Å². The lowest BCUT2D eigenvalue weighted by molar-refractivity contribution is 0.136. The van der Waals surface area contributed by atoms with Gasteiger partial charge < -0.3 is 5.73 Å². The molecule has 0 saturated carbocycles. The Morgan fingerprint density at radius 2 is 2.44 bits per heavy atom. The van der Waals surface area contributed by atoms with Gasteiger partial charge in [-0.05, 0) is 48.3 Å². The summed E-state index contributed by atoms with van der Waals surface area (Å²) in [6.45, 7) is 6.52. The van der Waals surface area contributed by atoms with Crippen LogP contribution in [0, 0.1) is 0 Å². The number of nitrogens with zero attached hydrogens (tertiary/aromatic N) is 1. The van der Waals surface area contributed by atoms with Crippen molar-refractivity contribution in [1.29, 1.82) is 0 Å². The molecule has 2 atom stereocenters. The van der Waals surface area contributed by atoms with Crippen molar-refractivity contribution in [1.82, 2.24) is 4.90 Å². The van der Waals surface area contributed by atoms with Crippen molar-refractivity contribution in [2.45, 2.75) is 38.8 Å². The molecular formula is C14H24N2S2. The van der Waals surface area contributed by atoms with Crippen LogP contribution in [0.2, 0.25) is 0 Å². The van der Waals surface area contributed by atoms with E-state index < -0.39 is 0 Å². The maximum Gasteiger partial charge on any atom is 0.0334 e. The highest BCUT2D eigenvalue weighted by Gasteiger charge is 2.29. The Morgan fingerprint density at radius 3 is 3.17 bits per heavy atom. The smallest absolute Gasteiger partial charge is 0.0334 e. The first-order chi connectivity index (χ1) is 8.77. The first kappa shape index (κ1) is 14.4. The Bertz CT molecular complexity index is 364. The third-order valence-electron chi connectivity index (χ3n) is 3.87. The van der Waals surface area contributed by atoms with Gasteiger partial charge in [0.2, 0.25) is 0 Å². The van der Waals surface area contributed by atoms with Crippen LogP contribution in [-0.4, -0.2) is 35.5 Å². The number of fused-ring (bicyclic) bond motifs is 1. The molecule has 0 aliphatic carbocycles. The van der Waals surface area contributed by atoms with Gasteiger partial charge in [0.15, 0.2) is 0 Å². The van der Waals surface area contributed by atoms with E-state index >= 15 is 0 Å². The lowest BCUT2D eigenvalue weighted by Gasteiger charge is -2.39. The first-order valence-corrected chi connectivity index (χ1v) is 8.91. The summed E-state index contributed by atoms with van der Waals surface area (Å²) in [4.78, 5) is 4.20.